The van der Waals surface area contributed by atoms with Crippen molar-refractivity contribution in [3.63, 3.8) is 0 Å². The molecule has 5 nitrogen and oxygen atoms in total. The summed E-state index contributed by atoms with van der Waals surface area (Å²) in [5.41, 5.74) is 1.79. The third-order valence-electron chi connectivity index (χ3n) is 4.01. The molecule has 0 unspecified atom stereocenters. The number of hydrogen-bond acceptors (Lipinski definition) is 5. The number of fused-ring (bicyclic) bond motifs is 1. The lowest BCUT2D eigenvalue weighted by molar-refractivity contribution is 0.126. The monoisotopic (exact) mass is 370 g/mol. The maximum Gasteiger partial charge on any atom is 0.262 e. The molecule has 1 N–H and O–H groups in total. The van der Waals surface area contributed by atoms with E-state index in [1.54, 1.807) is 10.6 Å². The number of rotatable bonds is 7. The van der Waals surface area contributed by atoms with Crippen LogP contribution in [0, 0.1) is 6.92 Å². The predicted octanol–water partition coefficient (Wildman–Crippen LogP) is 3.26. The van der Waals surface area contributed by atoms with Gasteiger partial charge in [-0.15, -0.1) is 0 Å². The lowest BCUT2D eigenvalue weighted by atomic mass is 10.2. The van der Waals surface area contributed by atoms with E-state index in [0.717, 1.165) is 11.3 Å². The molecule has 1 heterocycles. The van der Waals surface area contributed by atoms with Crippen LogP contribution in [0.3, 0.4) is 0 Å². The summed E-state index contributed by atoms with van der Waals surface area (Å²) in [5.74, 6) is 1.13. The minimum atomic E-state index is -0.657. The van der Waals surface area contributed by atoms with Crippen LogP contribution in [0.15, 0.2) is 58.5 Å². The average molecular weight is 370 g/mol. The average Bonchev–Trinajstić information content (AvgIpc) is 2.66. The Hall–Kier alpha value is -2.31. The Bertz CT molecular complexity index is 938. The Morgan fingerprint density at radius 3 is 2.65 bits per heavy atom. The molecule has 0 bridgehead atoms. The smallest absolute Gasteiger partial charge is 0.262 e. The number of hydrogen-bond donors (Lipinski definition) is 1. The second kappa shape index (κ2) is 8.38. The number of thioether (sulfide) groups is 1. The van der Waals surface area contributed by atoms with Gasteiger partial charge in [0.25, 0.3) is 5.56 Å². The molecule has 0 saturated heterocycles. The van der Waals surface area contributed by atoms with E-state index in [0.29, 0.717) is 28.4 Å². The van der Waals surface area contributed by atoms with Crippen molar-refractivity contribution in [1.82, 2.24) is 9.55 Å². The number of aliphatic hydroxyl groups is 1. The van der Waals surface area contributed by atoms with Crippen LogP contribution in [0.5, 0.6) is 5.75 Å². The number of aryl methyl sites for hydroxylation is 1. The highest BCUT2D eigenvalue weighted by Gasteiger charge is 2.13. The first-order valence-electron chi connectivity index (χ1n) is 8.58. The molecule has 2 aromatic carbocycles. The molecule has 3 rings (SSSR count). The third-order valence-corrected chi connectivity index (χ3v) is 5.13. The van der Waals surface area contributed by atoms with Gasteiger partial charge >= 0.3 is 0 Å². The van der Waals surface area contributed by atoms with Crippen LogP contribution in [0.4, 0.5) is 0 Å². The van der Waals surface area contributed by atoms with E-state index in [9.17, 15) is 9.90 Å². The highest BCUT2D eigenvalue weighted by atomic mass is 32.2. The molecule has 0 saturated carbocycles. The zero-order chi connectivity index (χ0) is 18.5. The fourth-order valence-electron chi connectivity index (χ4n) is 2.58. The first-order chi connectivity index (χ1) is 12.6. The second-order valence-electron chi connectivity index (χ2n) is 6.05. The van der Waals surface area contributed by atoms with Crippen molar-refractivity contribution in [2.24, 2.45) is 0 Å². The van der Waals surface area contributed by atoms with Crippen LogP contribution in [-0.4, -0.2) is 33.1 Å². The lowest BCUT2D eigenvalue weighted by Crippen LogP contribution is -2.24. The SMILES string of the molecule is CCn1c(SC[C@H](O)COc2ccc(C)cc2)nc2ccccc2c1=O. The predicted molar refractivity (Wildman–Crippen MR) is 105 cm³/mol. The van der Waals surface area contributed by atoms with Gasteiger partial charge in [-0.2, -0.15) is 0 Å². The number of benzene rings is 2. The van der Waals surface area contributed by atoms with Gasteiger partial charge in [0.05, 0.1) is 17.0 Å². The molecule has 0 aliphatic heterocycles. The molecule has 0 radical (unpaired) electrons. The molecular formula is C20H22N2O3S. The van der Waals surface area contributed by atoms with Gasteiger partial charge in [0.2, 0.25) is 0 Å². The van der Waals surface area contributed by atoms with Gasteiger partial charge in [0.15, 0.2) is 5.16 Å². The van der Waals surface area contributed by atoms with Crippen molar-refractivity contribution in [1.29, 1.82) is 0 Å². The van der Waals surface area contributed by atoms with Crippen LogP contribution in [0.25, 0.3) is 10.9 Å². The fourth-order valence-corrected chi connectivity index (χ4v) is 3.55. The van der Waals surface area contributed by atoms with Crippen LogP contribution < -0.4 is 10.3 Å². The Labute approximate surface area is 156 Å². The highest BCUT2D eigenvalue weighted by molar-refractivity contribution is 7.99. The Morgan fingerprint density at radius 2 is 1.92 bits per heavy atom. The zero-order valence-corrected chi connectivity index (χ0v) is 15.7. The lowest BCUT2D eigenvalue weighted by Gasteiger charge is -2.14. The third kappa shape index (κ3) is 4.26. The molecule has 0 fully saturated rings. The van der Waals surface area contributed by atoms with Crippen molar-refractivity contribution in [3.8, 4) is 5.75 Å². The summed E-state index contributed by atoms with van der Waals surface area (Å²) < 4.78 is 7.25. The number of aliphatic hydroxyl groups excluding tert-OH is 1. The molecule has 0 spiro atoms. The van der Waals surface area contributed by atoms with E-state index in [4.69, 9.17) is 4.74 Å². The highest BCUT2D eigenvalue weighted by Crippen LogP contribution is 2.19. The first-order valence-corrected chi connectivity index (χ1v) is 9.57. The van der Waals surface area contributed by atoms with Gasteiger partial charge in [0, 0.05) is 12.3 Å². The number of nitrogens with zero attached hydrogens (tertiary/aromatic N) is 2. The Morgan fingerprint density at radius 1 is 1.19 bits per heavy atom. The number of ether oxygens (including phenoxy) is 1. The topological polar surface area (TPSA) is 64.3 Å². The van der Waals surface area contributed by atoms with Gasteiger partial charge < -0.3 is 9.84 Å². The summed E-state index contributed by atoms with van der Waals surface area (Å²) in [5, 5.41) is 11.4. The zero-order valence-electron chi connectivity index (χ0n) is 14.9. The van der Waals surface area contributed by atoms with E-state index in [2.05, 4.69) is 4.98 Å². The van der Waals surface area contributed by atoms with E-state index in [1.807, 2.05) is 56.3 Å². The Kier molecular flexibility index (Phi) is 5.96. The van der Waals surface area contributed by atoms with E-state index < -0.39 is 6.10 Å². The molecule has 0 aliphatic carbocycles. The molecule has 26 heavy (non-hydrogen) atoms. The molecule has 1 aromatic heterocycles. The minimum Gasteiger partial charge on any atom is -0.491 e. The summed E-state index contributed by atoms with van der Waals surface area (Å²) in [7, 11) is 0. The largest absolute Gasteiger partial charge is 0.491 e. The van der Waals surface area contributed by atoms with Gasteiger partial charge in [-0.1, -0.05) is 41.6 Å². The van der Waals surface area contributed by atoms with E-state index in [-0.39, 0.29) is 12.2 Å². The second-order valence-corrected chi connectivity index (χ2v) is 7.04. The quantitative estimate of drug-likeness (QED) is 0.511. The summed E-state index contributed by atoms with van der Waals surface area (Å²) in [4.78, 5) is 17.2. The molecular weight excluding hydrogens is 348 g/mol. The maximum absolute atomic E-state index is 12.6. The van der Waals surface area contributed by atoms with Crippen LogP contribution >= 0.6 is 11.8 Å². The van der Waals surface area contributed by atoms with Gasteiger partial charge in [-0.3, -0.25) is 9.36 Å². The number of para-hydroxylation sites is 1. The Balaban J connectivity index is 1.66. The molecule has 0 amide bonds. The van der Waals surface area contributed by atoms with Crippen LogP contribution in [0.1, 0.15) is 12.5 Å². The fraction of sp³-hybridized carbons (Fsp3) is 0.300. The van der Waals surface area contributed by atoms with Gasteiger partial charge in [-0.25, -0.2) is 4.98 Å². The minimum absolute atomic E-state index is 0.0500. The van der Waals surface area contributed by atoms with Crippen molar-refractivity contribution in [3.05, 3.63) is 64.4 Å². The molecule has 136 valence electrons. The van der Waals surface area contributed by atoms with Gasteiger partial charge in [-0.05, 0) is 38.1 Å². The molecule has 1 atom stereocenters. The summed E-state index contributed by atoms with van der Waals surface area (Å²) in [6, 6.07) is 15.0. The maximum atomic E-state index is 12.6. The van der Waals surface area contributed by atoms with E-state index in [1.165, 1.54) is 11.8 Å². The number of aromatic nitrogens is 2. The van der Waals surface area contributed by atoms with Crippen molar-refractivity contribution in [2.45, 2.75) is 31.7 Å². The molecule has 6 heteroatoms. The van der Waals surface area contributed by atoms with E-state index >= 15 is 0 Å². The van der Waals surface area contributed by atoms with Crippen LogP contribution in [-0.2, 0) is 6.54 Å². The van der Waals surface area contributed by atoms with Crippen molar-refractivity contribution in [2.75, 3.05) is 12.4 Å². The summed E-state index contributed by atoms with van der Waals surface area (Å²) in [6.07, 6.45) is -0.657. The van der Waals surface area contributed by atoms with Crippen LogP contribution in [0.2, 0.25) is 0 Å². The molecule has 0 aliphatic rings. The summed E-state index contributed by atoms with van der Waals surface area (Å²) >= 11 is 1.37. The van der Waals surface area contributed by atoms with Gasteiger partial charge in [0.1, 0.15) is 12.4 Å². The first kappa shape index (κ1) is 18.5. The molecule has 3 aromatic rings. The van der Waals surface area contributed by atoms with Crippen molar-refractivity contribution < 1.29 is 9.84 Å². The van der Waals surface area contributed by atoms with Crippen molar-refractivity contribution >= 4 is 22.7 Å². The standard InChI is InChI=1S/C20H22N2O3S/c1-3-22-19(24)17-6-4-5-7-18(17)21-20(22)26-13-15(23)12-25-16-10-8-14(2)9-11-16/h4-11,15,23H,3,12-13H2,1-2H3/t15-/m1/s1. The summed E-state index contributed by atoms with van der Waals surface area (Å²) in [6.45, 7) is 4.66. The normalized spacial score (nSPS) is 12.3.